The molecule has 1 atom stereocenters. The summed E-state index contributed by atoms with van der Waals surface area (Å²) in [4.78, 5) is 2.86. The lowest BCUT2D eigenvalue weighted by Crippen LogP contribution is -2.46. The minimum absolute atomic E-state index is 0.447. The van der Waals surface area contributed by atoms with E-state index in [1.165, 1.54) is 0 Å². The van der Waals surface area contributed by atoms with Gasteiger partial charge in [0.2, 0.25) is 0 Å². The molecule has 0 amide bonds. The summed E-state index contributed by atoms with van der Waals surface area (Å²) in [6, 6.07) is 9.44. The van der Waals surface area contributed by atoms with Crippen molar-refractivity contribution in [2.45, 2.75) is 4.90 Å². The van der Waals surface area contributed by atoms with Crippen LogP contribution in [0.1, 0.15) is 0 Å². The summed E-state index contributed by atoms with van der Waals surface area (Å²) < 4.78 is 19.4. The van der Waals surface area contributed by atoms with Gasteiger partial charge in [-0.1, -0.05) is 0 Å². The van der Waals surface area contributed by atoms with Crippen molar-refractivity contribution in [3.8, 4) is 11.8 Å². The number of hydrogen-bond donors (Lipinski definition) is 0. The van der Waals surface area contributed by atoms with Crippen LogP contribution in [-0.4, -0.2) is 53.2 Å². The molecule has 0 saturated carbocycles. The minimum Gasteiger partial charge on any atom is -0.497 e. The zero-order chi connectivity index (χ0) is 13.7. The van der Waals surface area contributed by atoms with Crippen molar-refractivity contribution in [1.29, 1.82) is 5.26 Å². The number of benzene rings is 1. The molecule has 2 rings (SSSR count). The van der Waals surface area contributed by atoms with Gasteiger partial charge < -0.3 is 4.74 Å². The van der Waals surface area contributed by atoms with Crippen LogP contribution >= 0.6 is 0 Å². The van der Waals surface area contributed by atoms with Crippen molar-refractivity contribution < 1.29 is 8.95 Å². The lowest BCUT2D eigenvalue weighted by Gasteiger charge is -2.32. The SMILES string of the molecule is COc1ccc(S(=O)N2CCN(CC#N)CC2)cc1. The molecule has 102 valence electrons. The lowest BCUT2D eigenvalue weighted by molar-refractivity contribution is 0.211. The molecular formula is C13H17N3O2S. The second-order valence-electron chi connectivity index (χ2n) is 4.29. The van der Waals surface area contributed by atoms with Gasteiger partial charge in [-0.3, -0.25) is 4.90 Å². The molecule has 1 saturated heterocycles. The van der Waals surface area contributed by atoms with Crippen molar-refractivity contribution in [2.24, 2.45) is 0 Å². The predicted molar refractivity (Wildman–Crippen MR) is 73.0 cm³/mol. The first-order chi connectivity index (χ1) is 9.24. The minimum atomic E-state index is -1.13. The van der Waals surface area contributed by atoms with Gasteiger partial charge in [0, 0.05) is 26.2 Å². The van der Waals surface area contributed by atoms with Crippen LogP contribution in [0.25, 0.3) is 0 Å². The summed E-state index contributed by atoms with van der Waals surface area (Å²) in [6.45, 7) is 3.47. The molecule has 1 aliphatic rings. The summed E-state index contributed by atoms with van der Waals surface area (Å²) in [7, 11) is 0.481. The van der Waals surface area contributed by atoms with Crippen molar-refractivity contribution in [2.75, 3.05) is 39.8 Å². The average molecular weight is 279 g/mol. The highest BCUT2D eigenvalue weighted by Gasteiger charge is 2.21. The molecule has 0 N–H and O–H groups in total. The molecule has 5 nitrogen and oxygen atoms in total. The Morgan fingerprint density at radius 2 is 1.89 bits per heavy atom. The quantitative estimate of drug-likeness (QED) is 0.767. The van der Waals surface area contributed by atoms with E-state index >= 15 is 0 Å². The zero-order valence-corrected chi connectivity index (χ0v) is 11.7. The van der Waals surface area contributed by atoms with E-state index in [1.807, 2.05) is 28.6 Å². The van der Waals surface area contributed by atoms with E-state index in [4.69, 9.17) is 10.00 Å². The molecular weight excluding hydrogens is 262 g/mol. The highest BCUT2D eigenvalue weighted by Crippen LogP contribution is 2.17. The fourth-order valence-electron chi connectivity index (χ4n) is 1.99. The van der Waals surface area contributed by atoms with Gasteiger partial charge in [0.05, 0.1) is 24.6 Å². The number of methoxy groups -OCH3 is 1. The standard InChI is InChI=1S/C13H17N3O2S/c1-18-12-2-4-13(5-3-12)19(17)16-10-8-15(7-6-14)9-11-16/h2-5H,7-11H2,1H3. The van der Waals surface area contributed by atoms with Crippen LogP contribution in [0.2, 0.25) is 0 Å². The first-order valence-electron chi connectivity index (χ1n) is 6.15. The molecule has 1 aromatic carbocycles. The average Bonchev–Trinajstić information content (AvgIpc) is 2.48. The second-order valence-corrected chi connectivity index (χ2v) is 5.77. The molecule has 19 heavy (non-hydrogen) atoms. The molecule has 6 heteroatoms. The Hall–Kier alpha value is -1.42. The van der Waals surface area contributed by atoms with Crippen molar-refractivity contribution in [3.05, 3.63) is 24.3 Å². The van der Waals surface area contributed by atoms with Gasteiger partial charge in [0.1, 0.15) is 16.7 Å². The normalized spacial score (nSPS) is 18.7. The van der Waals surface area contributed by atoms with Crippen molar-refractivity contribution in [1.82, 2.24) is 9.21 Å². The van der Waals surface area contributed by atoms with Crippen LogP contribution in [0, 0.1) is 11.3 Å². The lowest BCUT2D eigenvalue weighted by atomic mass is 10.3. The Morgan fingerprint density at radius 3 is 2.42 bits per heavy atom. The molecule has 0 bridgehead atoms. The third-order valence-electron chi connectivity index (χ3n) is 3.12. The largest absolute Gasteiger partial charge is 0.497 e. The molecule has 1 aliphatic heterocycles. The molecule has 1 unspecified atom stereocenters. The smallest absolute Gasteiger partial charge is 0.127 e. The van der Waals surface area contributed by atoms with Gasteiger partial charge in [-0.25, -0.2) is 8.51 Å². The molecule has 1 aromatic rings. The van der Waals surface area contributed by atoms with E-state index in [9.17, 15) is 4.21 Å². The maximum Gasteiger partial charge on any atom is 0.127 e. The van der Waals surface area contributed by atoms with Crippen molar-refractivity contribution >= 4 is 11.0 Å². The maximum atomic E-state index is 12.4. The van der Waals surface area contributed by atoms with E-state index in [-0.39, 0.29) is 0 Å². The molecule has 1 fully saturated rings. The summed E-state index contributed by atoms with van der Waals surface area (Å²) in [5.74, 6) is 0.764. The van der Waals surface area contributed by atoms with Gasteiger partial charge in [0.25, 0.3) is 0 Å². The number of piperazine rings is 1. The summed E-state index contributed by atoms with van der Waals surface area (Å²) in [6.07, 6.45) is 0. The van der Waals surface area contributed by atoms with Crippen LogP contribution in [0.3, 0.4) is 0 Å². The van der Waals surface area contributed by atoms with Crippen LogP contribution < -0.4 is 4.74 Å². The Bertz CT molecular complexity index is 476. The highest BCUT2D eigenvalue weighted by atomic mass is 32.2. The monoisotopic (exact) mass is 279 g/mol. The summed E-state index contributed by atoms with van der Waals surface area (Å²) in [5.41, 5.74) is 0. The van der Waals surface area contributed by atoms with E-state index in [2.05, 4.69) is 11.0 Å². The fourth-order valence-corrected chi connectivity index (χ4v) is 3.16. The Morgan fingerprint density at radius 1 is 1.26 bits per heavy atom. The third-order valence-corrected chi connectivity index (χ3v) is 4.63. The maximum absolute atomic E-state index is 12.4. The fraction of sp³-hybridized carbons (Fsp3) is 0.462. The number of ether oxygens (including phenoxy) is 1. The van der Waals surface area contributed by atoms with Crippen LogP contribution in [-0.2, 0) is 11.0 Å². The Kier molecular flexibility index (Phi) is 4.91. The van der Waals surface area contributed by atoms with E-state index < -0.39 is 11.0 Å². The van der Waals surface area contributed by atoms with Gasteiger partial charge >= 0.3 is 0 Å². The van der Waals surface area contributed by atoms with Gasteiger partial charge in [-0.05, 0) is 24.3 Å². The molecule has 0 aliphatic carbocycles. The third kappa shape index (κ3) is 3.53. The van der Waals surface area contributed by atoms with E-state index in [0.717, 1.165) is 36.8 Å². The summed E-state index contributed by atoms with van der Waals surface area (Å²) in [5, 5.41) is 8.64. The predicted octanol–water partition coefficient (Wildman–Crippen LogP) is 0.859. The second kappa shape index (κ2) is 6.66. The van der Waals surface area contributed by atoms with E-state index in [1.54, 1.807) is 7.11 Å². The Labute approximate surface area is 116 Å². The Balaban J connectivity index is 1.95. The van der Waals surface area contributed by atoms with Gasteiger partial charge in [0.15, 0.2) is 0 Å². The number of nitriles is 1. The van der Waals surface area contributed by atoms with E-state index in [0.29, 0.717) is 6.54 Å². The molecule has 1 heterocycles. The zero-order valence-electron chi connectivity index (χ0n) is 10.9. The molecule has 0 aromatic heterocycles. The number of hydrogen-bond acceptors (Lipinski definition) is 4. The summed E-state index contributed by atoms with van der Waals surface area (Å²) >= 11 is 0. The molecule has 0 radical (unpaired) electrons. The van der Waals surface area contributed by atoms with Gasteiger partial charge in [-0.2, -0.15) is 5.26 Å². The first-order valence-corrected chi connectivity index (χ1v) is 7.25. The first kappa shape index (κ1) is 14.0. The topological polar surface area (TPSA) is 56.6 Å². The van der Waals surface area contributed by atoms with Crippen molar-refractivity contribution in [3.63, 3.8) is 0 Å². The van der Waals surface area contributed by atoms with Gasteiger partial charge in [-0.15, -0.1) is 0 Å². The highest BCUT2D eigenvalue weighted by molar-refractivity contribution is 7.82. The van der Waals surface area contributed by atoms with Crippen LogP contribution in [0.4, 0.5) is 0 Å². The van der Waals surface area contributed by atoms with Crippen LogP contribution in [0.5, 0.6) is 5.75 Å². The molecule has 0 spiro atoms. The van der Waals surface area contributed by atoms with Crippen LogP contribution in [0.15, 0.2) is 29.2 Å². The number of rotatable bonds is 4. The number of nitrogens with zero attached hydrogens (tertiary/aromatic N) is 3.